The van der Waals surface area contributed by atoms with Gasteiger partial charge >= 0.3 is 6.09 Å². The lowest BCUT2D eigenvalue weighted by Crippen LogP contribution is -2.43. The normalized spacial score (nSPS) is 11.5. The van der Waals surface area contributed by atoms with Crippen molar-refractivity contribution in [1.82, 2.24) is 5.32 Å². The number of carboxylic acid groups (broad SMARTS) is 1. The summed E-state index contributed by atoms with van der Waals surface area (Å²) in [6, 6.07) is 6.37. The van der Waals surface area contributed by atoms with Crippen LogP contribution in [0, 0.1) is 0 Å². The van der Waals surface area contributed by atoms with Gasteiger partial charge in [0.15, 0.2) is 0 Å². The number of unbranched alkanes of at least 4 members (excludes halogenated alkanes) is 1. The van der Waals surface area contributed by atoms with Crippen LogP contribution < -0.4 is 21.7 Å². The molecule has 0 aliphatic rings. The fourth-order valence-corrected chi connectivity index (χ4v) is 1.86. The summed E-state index contributed by atoms with van der Waals surface area (Å²) in [7, 11) is 1.80. The van der Waals surface area contributed by atoms with Crippen molar-refractivity contribution in [2.24, 2.45) is 5.73 Å². The third kappa shape index (κ3) is 6.13. The molecule has 0 aliphatic heterocycles. The monoisotopic (exact) mass is 294 g/mol. The SMILES string of the molecule is CNc1ccc(NC(=O)[C@H](CCCCN)NC(=O)O)cc1. The zero-order valence-electron chi connectivity index (χ0n) is 12.1. The third-order valence-corrected chi connectivity index (χ3v) is 3.00. The van der Waals surface area contributed by atoms with Crippen LogP contribution in [0.25, 0.3) is 0 Å². The van der Waals surface area contributed by atoms with E-state index in [9.17, 15) is 9.59 Å². The molecule has 21 heavy (non-hydrogen) atoms. The van der Waals surface area contributed by atoms with Gasteiger partial charge in [0.05, 0.1) is 0 Å². The van der Waals surface area contributed by atoms with Gasteiger partial charge in [-0.2, -0.15) is 0 Å². The summed E-state index contributed by atoms with van der Waals surface area (Å²) in [5.74, 6) is -0.369. The maximum atomic E-state index is 12.1. The van der Waals surface area contributed by atoms with E-state index in [1.54, 1.807) is 19.2 Å². The van der Waals surface area contributed by atoms with Crippen LogP contribution in [-0.4, -0.2) is 36.7 Å². The smallest absolute Gasteiger partial charge is 0.405 e. The first-order valence-electron chi connectivity index (χ1n) is 6.85. The molecular formula is C14H22N4O3. The Balaban J connectivity index is 2.62. The Labute approximate surface area is 123 Å². The minimum atomic E-state index is -1.21. The van der Waals surface area contributed by atoms with Crippen LogP contribution in [0.1, 0.15) is 19.3 Å². The maximum Gasteiger partial charge on any atom is 0.405 e. The van der Waals surface area contributed by atoms with Gasteiger partial charge in [0, 0.05) is 18.4 Å². The van der Waals surface area contributed by atoms with Crippen molar-refractivity contribution < 1.29 is 14.7 Å². The van der Waals surface area contributed by atoms with E-state index >= 15 is 0 Å². The second-order valence-corrected chi connectivity index (χ2v) is 4.60. The van der Waals surface area contributed by atoms with Crippen LogP contribution in [0.3, 0.4) is 0 Å². The van der Waals surface area contributed by atoms with Crippen molar-refractivity contribution >= 4 is 23.4 Å². The van der Waals surface area contributed by atoms with E-state index in [1.807, 2.05) is 12.1 Å². The van der Waals surface area contributed by atoms with Crippen LogP contribution in [0.15, 0.2) is 24.3 Å². The van der Waals surface area contributed by atoms with E-state index in [0.717, 1.165) is 12.1 Å². The van der Waals surface area contributed by atoms with Crippen LogP contribution >= 0.6 is 0 Å². The Bertz CT molecular complexity index is 462. The molecule has 6 N–H and O–H groups in total. The number of nitrogens with one attached hydrogen (secondary N) is 3. The standard InChI is InChI=1S/C14H22N4O3/c1-16-10-5-7-11(8-6-10)17-13(19)12(18-14(20)21)4-2-3-9-15/h5-8,12,16,18H,2-4,9,15H2,1H3,(H,17,19)(H,20,21)/t12-/m0/s1. The molecule has 7 heteroatoms. The summed E-state index contributed by atoms with van der Waals surface area (Å²) < 4.78 is 0. The van der Waals surface area contributed by atoms with E-state index in [2.05, 4.69) is 16.0 Å². The first kappa shape index (κ1) is 16.8. The van der Waals surface area contributed by atoms with E-state index in [4.69, 9.17) is 10.8 Å². The molecule has 0 aliphatic carbocycles. The van der Waals surface area contributed by atoms with Crippen molar-refractivity contribution in [3.8, 4) is 0 Å². The fraction of sp³-hybridized carbons (Fsp3) is 0.429. The average molecular weight is 294 g/mol. The zero-order valence-corrected chi connectivity index (χ0v) is 12.1. The predicted molar refractivity (Wildman–Crippen MR) is 82.5 cm³/mol. The molecule has 1 aromatic carbocycles. The van der Waals surface area contributed by atoms with E-state index in [-0.39, 0.29) is 5.91 Å². The van der Waals surface area contributed by atoms with Gasteiger partial charge in [0.1, 0.15) is 6.04 Å². The third-order valence-electron chi connectivity index (χ3n) is 3.00. The number of carbonyl (C=O) groups excluding carboxylic acids is 1. The summed E-state index contributed by atoms with van der Waals surface area (Å²) in [6.45, 7) is 0.521. The molecule has 1 aromatic rings. The summed E-state index contributed by atoms with van der Waals surface area (Å²) in [6.07, 6.45) is 0.646. The Hall–Kier alpha value is -2.28. The van der Waals surface area contributed by atoms with E-state index in [0.29, 0.717) is 25.1 Å². The number of nitrogens with two attached hydrogens (primary N) is 1. The summed E-state index contributed by atoms with van der Waals surface area (Å²) in [5.41, 5.74) is 6.95. The highest BCUT2D eigenvalue weighted by Gasteiger charge is 2.20. The van der Waals surface area contributed by atoms with Crippen LogP contribution in [-0.2, 0) is 4.79 Å². The highest BCUT2D eigenvalue weighted by molar-refractivity contribution is 5.96. The first-order chi connectivity index (χ1) is 10.1. The number of rotatable bonds is 8. The maximum absolute atomic E-state index is 12.1. The number of anilines is 2. The first-order valence-corrected chi connectivity index (χ1v) is 6.85. The molecule has 0 heterocycles. The zero-order chi connectivity index (χ0) is 15.7. The van der Waals surface area contributed by atoms with Gasteiger partial charge < -0.3 is 26.8 Å². The Morgan fingerprint density at radius 3 is 2.33 bits per heavy atom. The molecule has 0 aromatic heterocycles. The molecule has 1 rings (SSSR count). The Morgan fingerprint density at radius 2 is 1.81 bits per heavy atom. The van der Waals surface area contributed by atoms with Gasteiger partial charge in [-0.25, -0.2) is 4.79 Å². The van der Waals surface area contributed by atoms with Gasteiger partial charge in [-0.3, -0.25) is 4.79 Å². The predicted octanol–water partition coefficient (Wildman–Crippen LogP) is 1.43. The van der Waals surface area contributed by atoms with E-state index < -0.39 is 12.1 Å². The lowest BCUT2D eigenvalue weighted by atomic mass is 10.1. The number of carbonyl (C=O) groups is 2. The van der Waals surface area contributed by atoms with Crippen LogP contribution in [0.5, 0.6) is 0 Å². The lowest BCUT2D eigenvalue weighted by Gasteiger charge is -2.16. The number of amides is 2. The molecule has 0 bridgehead atoms. The van der Waals surface area contributed by atoms with Crippen molar-refractivity contribution in [2.45, 2.75) is 25.3 Å². The topological polar surface area (TPSA) is 116 Å². The molecule has 1 atom stereocenters. The average Bonchev–Trinajstić information content (AvgIpc) is 2.46. The van der Waals surface area contributed by atoms with Gasteiger partial charge in [0.2, 0.25) is 5.91 Å². The molecule has 7 nitrogen and oxygen atoms in total. The van der Waals surface area contributed by atoms with Crippen molar-refractivity contribution in [3.05, 3.63) is 24.3 Å². The summed E-state index contributed by atoms with van der Waals surface area (Å²) in [5, 5.41) is 16.7. The molecule has 0 fully saturated rings. The molecular weight excluding hydrogens is 272 g/mol. The Kier molecular flexibility index (Phi) is 7.03. The highest BCUT2D eigenvalue weighted by Crippen LogP contribution is 2.13. The molecule has 0 saturated heterocycles. The summed E-state index contributed by atoms with van der Waals surface area (Å²) in [4.78, 5) is 22.9. The number of hydrogen-bond donors (Lipinski definition) is 5. The van der Waals surface area contributed by atoms with E-state index in [1.165, 1.54) is 0 Å². The van der Waals surface area contributed by atoms with Crippen LogP contribution in [0.2, 0.25) is 0 Å². The summed E-state index contributed by atoms with van der Waals surface area (Å²) >= 11 is 0. The molecule has 0 spiro atoms. The second-order valence-electron chi connectivity index (χ2n) is 4.60. The molecule has 116 valence electrons. The molecule has 0 saturated carbocycles. The van der Waals surface area contributed by atoms with Crippen molar-refractivity contribution in [1.29, 1.82) is 0 Å². The number of hydrogen-bond acceptors (Lipinski definition) is 4. The Morgan fingerprint density at radius 1 is 1.19 bits per heavy atom. The fourth-order valence-electron chi connectivity index (χ4n) is 1.86. The van der Waals surface area contributed by atoms with Crippen molar-refractivity contribution in [3.63, 3.8) is 0 Å². The second kappa shape index (κ2) is 8.80. The minimum Gasteiger partial charge on any atom is -0.465 e. The minimum absolute atomic E-state index is 0.369. The van der Waals surface area contributed by atoms with Gasteiger partial charge in [-0.15, -0.1) is 0 Å². The van der Waals surface area contributed by atoms with Crippen LogP contribution in [0.4, 0.5) is 16.2 Å². The van der Waals surface area contributed by atoms with Crippen molar-refractivity contribution in [2.75, 3.05) is 24.2 Å². The number of benzene rings is 1. The quantitative estimate of drug-likeness (QED) is 0.465. The highest BCUT2D eigenvalue weighted by atomic mass is 16.4. The molecule has 0 radical (unpaired) electrons. The molecule has 0 unspecified atom stereocenters. The van der Waals surface area contributed by atoms with Gasteiger partial charge in [0.25, 0.3) is 0 Å². The lowest BCUT2D eigenvalue weighted by molar-refractivity contribution is -0.118. The molecule has 2 amide bonds. The van der Waals surface area contributed by atoms with Gasteiger partial charge in [-0.05, 0) is 50.1 Å². The van der Waals surface area contributed by atoms with Gasteiger partial charge in [-0.1, -0.05) is 0 Å². The largest absolute Gasteiger partial charge is 0.465 e.